The van der Waals surface area contributed by atoms with Crippen LogP contribution in [-0.2, 0) is 0 Å². The minimum Gasteiger partial charge on any atom is -0.478 e. The molecule has 0 aliphatic rings. The van der Waals surface area contributed by atoms with Crippen LogP contribution in [0.2, 0.25) is 0 Å². The van der Waals surface area contributed by atoms with Gasteiger partial charge < -0.3 is 10.1 Å². The van der Waals surface area contributed by atoms with Crippen molar-refractivity contribution in [3.8, 4) is 22.6 Å². The largest absolute Gasteiger partial charge is 0.478 e. The maximum atomic E-state index is 11.0. The van der Waals surface area contributed by atoms with Crippen molar-refractivity contribution in [2.75, 3.05) is 0 Å². The van der Waals surface area contributed by atoms with Crippen molar-refractivity contribution in [2.24, 2.45) is 0 Å². The summed E-state index contributed by atoms with van der Waals surface area (Å²) in [6.07, 6.45) is 3.99. The van der Waals surface area contributed by atoms with E-state index in [2.05, 4.69) is 15.0 Å². The molecule has 0 bridgehead atoms. The quantitative estimate of drug-likeness (QED) is 0.502. The molecule has 126 valence electrons. The van der Waals surface area contributed by atoms with Gasteiger partial charge in [0.2, 0.25) is 0 Å². The Balaban J connectivity index is 1.63. The van der Waals surface area contributed by atoms with Crippen molar-refractivity contribution >= 4 is 33.3 Å². The molecule has 0 aliphatic carbocycles. The molecule has 0 amide bonds. The van der Waals surface area contributed by atoms with Crippen LogP contribution in [-0.4, -0.2) is 30.4 Å². The highest BCUT2D eigenvalue weighted by Crippen LogP contribution is 2.30. The standard InChI is InChI=1S/C19H12N4O2S/c24-18(25)12-6-4-11(5-7-12)17-20-14-3-1-2-13(16(14)22-17)15-10-23-8-9-26-19(23)21-15/h1-10H,(H,20,22)(H,24,25). The first-order valence-electron chi connectivity index (χ1n) is 7.94. The van der Waals surface area contributed by atoms with Crippen molar-refractivity contribution in [2.45, 2.75) is 0 Å². The molecule has 7 heteroatoms. The number of fused-ring (bicyclic) bond motifs is 2. The lowest BCUT2D eigenvalue weighted by molar-refractivity contribution is 0.0697. The number of H-pyrrole nitrogens is 1. The summed E-state index contributed by atoms with van der Waals surface area (Å²) in [4.78, 5) is 24.6. The zero-order valence-corrected chi connectivity index (χ0v) is 14.2. The number of hydrogen-bond acceptors (Lipinski definition) is 4. The third kappa shape index (κ3) is 2.29. The number of imidazole rings is 2. The molecule has 0 aliphatic heterocycles. The first kappa shape index (κ1) is 14.9. The van der Waals surface area contributed by atoms with Crippen LogP contribution in [0.25, 0.3) is 38.6 Å². The molecule has 0 radical (unpaired) electrons. The number of hydrogen-bond donors (Lipinski definition) is 2. The molecule has 0 fully saturated rings. The molecule has 5 rings (SSSR count). The Morgan fingerprint density at radius 2 is 1.96 bits per heavy atom. The third-order valence-corrected chi connectivity index (χ3v) is 5.06. The number of aromatic nitrogens is 4. The van der Waals surface area contributed by atoms with Crippen LogP contribution < -0.4 is 0 Å². The lowest BCUT2D eigenvalue weighted by Gasteiger charge is -1.99. The van der Waals surface area contributed by atoms with E-state index in [-0.39, 0.29) is 5.56 Å². The number of thiazole rings is 1. The molecule has 0 saturated carbocycles. The van der Waals surface area contributed by atoms with Crippen LogP contribution in [0.15, 0.2) is 60.2 Å². The second-order valence-electron chi connectivity index (χ2n) is 5.89. The second kappa shape index (κ2) is 5.53. The molecule has 0 spiro atoms. The molecule has 2 N–H and O–H groups in total. The maximum Gasteiger partial charge on any atom is 0.335 e. The van der Waals surface area contributed by atoms with Gasteiger partial charge in [-0.2, -0.15) is 0 Å². The fourth-order valence-electron chi connectivity index (χ4n) is 3.01. The first-order valence-corrected chi connectivity index (χ1v) is 8.82. The van der Waals surface area contributed by atoms with Crippen molar-refractivity contribution in [3.05, 3.63) is 65.8 Å². The van der Waals surface area contributed by atoms with Crippen LogP contribution in [0.1, 0.15) is 10.4 Å². The zero-order valence-electron chi connectivity index (χ0n) is 13.4. The Morgan fingerprint density at radius 1 is 1.12 bits per heavy atom. The Kier molecular flexibility index (Phi) is 3.16. The van der Waals surface area contributed by atoms with Gasteiger partial charge in [0, 0.05) is 28.9 Å². The summed E-state index contributed by atoms with van der Waals surface area (Å²) in [5.74, 6) is -0.242. The predicted octanol–water partition coefficient (Wildman–Crippen LogP) is 4.30. The first-order chi connectivity index (χ1) is 12.7. The fourth-order valence-corrected chi connectivity index (χ4v) is 3.71. The minimum atomic E-state index is -0.941. The molecule has 0 saturated heterocycles. The van der Waals surface area contributed by atoms with E-state index in [1.807, 2.05) is 40.4 Å². The van der Waals surface area contributed by atoms with E-state index in [9.17, 15) is 4.79 Å². The van der Waals surface area contributed by atoms with Gasteiger partial charge in [0.1, 0.15) is 5.82 Å². The predicted molar refractivity (Wildman–Crippen MR) is 101 cm³/mol. The number of aromatic amines is 1. The van der Waals surface area contributed by atoms with Crippen molar-refractivity contribution < 1.29 is 9.90 Å². The van der Waals surface area contributed by atoms with Crippen LogP contribution in [0, 0.1) is 0 Å². The van der Waals surface area contributed by atoms with Gasteiger partial charge >= 0.3 is 5.97 Å². The van der Waals surface area contributed by atoms with Crippen LogP contribution >= 0.6 is 11.3 Å². The average molecular weight is 360 g/mol. The molecule has 5 aromatic rings. The van der Waals surface area contributed by atoms with E-state index in [0.717, 1.165) is 32.8 Å². The van der Waals surface area contributed by atoms with E-state index in [4.69, 9.17) is 5.11 Å². The lowest BCUT2D eigenvalue weighted by Crippen LogP contribution is -1.95. The van der Waals surface area contributed by atoms with Gasteiger partial charge in [-0.15, -0.1) is 11.3 Å². The zero-order chi connectivity index (χ0) is 17.7. The summed E-state index contributed by atoms with van der Waals surface area (Å²) >= 11 is 1.59. The van der Waals surface area contributed by atoms with Gasteiger partial charge in [0.25, 0.3) is 0 Å². The van der Waals surface area contributed by atoms with Gasteiger partial charge in [0.15, 0.2) is 4.96 Å². The molecular weight excluding hydrogens is 348 g/mol. The SMILES string of the molecule is O=C(O)c1ccc(-c2nc3cccc(-c4cn5ccsc5n4)c3[nH]2)cc1. The maximum absolute atomic E-state index is 11.0. The van der Waals surface area contributed by atoms with Crippen LogP contribution in [0.3, 0.4) is 0 Å². The summed E-state index contributed by atoms with van der Waals surface area (Å²) in [6, 6.07) is 12.6. The summed E-state index contributed by atoms with van der Waals surface area (Å²) in [7, 11) is 0. The van der Waals surface area contributed by atoms with Gasteiger partial charge in [-0.25, -0.2) is 14.8 Å². The number of benzene rings is 2. The van der Waals surface area contributed by atoms with Crippen molar-refractivity contribution in [1.29, 1.82) is 0 Å². The Morgan fingerprint density at radius 3 is 2.73 bits per heavy atom. The number of nitrogens with zero attached hydrogens (tertiary/aromatic N) is 3. The van der Waals surface area contributed by atoms with E-state index >= 15 is 0 Å². The van der Waals surface area contributed by atoms with Gasteiger partial charge in [-0.1, -0.05) is 24.3 Å². The van der Waals surface area contributed by atoms with E-state index in [1.54, 1.807) is 35.6 Å². The van der Waals surface area contributed by atoms with Gasteiger partial charge in [0.05, 0.1) is 22.3 Å². The molecular formula is C19H12N4O2S. The fraction of sp³-hybridized carbons (Fsp3) is 0. The Hall–Kier alpha value is -3.45. The molecule has 0 unspecified atom stereocenters. The van der Waals surface area contributed by atoms with Crippen LogP contribution in [0.5, 0.6) is 0 Å². The van der Waals surface area contributed by atoms with Crippen LogP contribution in [0.4, 0.5) is 0 Å². The number of carbonyl (C=O) groups is 1. The monoisotopic (exact) mass is 360 g/mol. The topological polar surface area (TPSA) is 83.3 Å². The van der Waals surface area contributed by atoms with E-state index in [0.29, 0.717) is 5.82 Å². The number of carboxylic acid groups (broad SMARTS) is 1. The Labute approximate surface area is 151 Å². The molecule has 6 nitrogen and oxygen atoms in total. The molecule has 3 aromatic heterocycles. The summed E-state index contributed by atoms with van der Waals surface area (Å²) in [5.41, 5.74) is 4.72. The number of nitrogens with one attached hydrogen (secondary N) is 1. The van der Waals surface area contributed by atoms with Gasteiger partial charge in [-0.05, 0) is 18.2 Å². The number of para-hydroxylation sites is 1. The normalized spacial score (nSPS) is 11.4. The molecule has 2 aromatic carbocycles. The van der Waals surface area contributed by atoms with E-state index < -0.39 is 5.97 Å². The Bertz CT molecular complexity index is 1240. The smallest absolute Gasteiger partial charge is 0.335 e. The highest BCUT2D eigenvalue weighted by Gasteiger charge is 2.13. The average Bonchev–Trinajstić information content (AvgIpc) is 3.35. The number of aromatic carboxylic acids is 1. The summed E-state index contributed by atoms with van der Waals surface area (Å²) in [6.45, 7) is 0. The highest BCUT2D eigenvalue weighted by atomic mass is 32.1. The molecule has 3 heterocycles. The van der Waals surface area contributed by atoms with E-state index in [1.165, 1.54) is 0 Å². The van der Waals surface area contributed by atoms with Gasteiger partial charge in [-0.3, -0.25) is 4.40 Å². The third-order valence-electron chi connectivity index (χ3n) is 4.29. The number of rotatable bonds is 3. The number of carboxylic acids is 1. The highest BCUT2D eigenvalue weighted by molar-refractivity contribution is 7.15. The second-order valence-corrected chi connectivity index (χ2v) is 6.76. The van der Waals surface area contributed by atoms with Crippen molar-refractivity contribution in [1.82, 2.24) is 19.4 Å². The van der Waals surface area contributed by atoms with Crippen molar-refractivity contribution in [3.63, 3.8) is 0 Å². The minimum absolute atomic E-state index is 0.253. The lowest BCUT2D eigenvalue weighted by atomic mass is 10.1. The molecule has 26 heavy (non-hydrogen) atoms. The summed E-state index contributed by atoms with van der Waals surface area (Å²) < 4.78 is 2.00. The summed E-state index contributed by atoms with van der Waals surface area (Å²) in [5, 5.41) is 11.0. The molecule has 0 atom stereocenters.